The summed E-state index contributed by atoms with van der Waals surface area (Å²) in [7, 11) is 0. The van der Waals surface area contributed by atoms with Gasteiger partial charge < -0.3 is 19.4 Å². The van der Waals surface area contributed by atoms with E-state index in [9.17, 15) is 0 Å². The zero-order chi connectivity index (χ0) is 16.4. The van der Waals surface area contributed by atoms with Crippen LogP contribution in [0.1, 0.15) is 5.56 Å². The van der Waals surface area contributed by atoms with Crippen molar-refractivity contribution in [2.75, 3.05) is 31.1 Å². The van der Waals surface area contributed by atoms with Gasteiger partial charge in [-0.15, -0.1) is 0 Å². The number of piperazine rings is 1. The SMILES string of the molecule is Cc1ccc2oc(N3CCNCC3COc3cccnc3)nc2c1. The van der Waals surface area contributed by atoms with E-state index in [1.807, 2.05) is 30.3 Å². The van der Waals surface area contributed by atoms with E-state index in [1.54, 1.807) is 12.4 Å². The van der Waals surface area contributed by atoms with Crippen molar-refractivity contribution >= 4 is 17.1 Å². The number of aryl methyl sites for hydroxylation is 1. The summed E-state index contributed by atoms with van der Waals surface area (Å²) in [6, 6.07) is 10.7. The molecule has 1 saturated heterocycles. The first-order chi connectivity index (χ1) is 11.8. The average molecular weight is 324 g/mol. The normalized spacial score (nSPS) is 18.0. The second-order valence-electron chi connectivity index (χ2n) is 6.02. The van der Waals surface area contributed by atoms with Crippen molar-refractivity contribution in [2.45, 2.75) is 13.0 Å². The molecule has 4 rings (SSSR count). The fourth-order valence-electron chi connectivity index (χ4n) is 2.93. The number of hydrogen-bond acceptors (Lipinski definition) is 6. The van der Waals surface area contributed by atoms with Crippen LogP contribution in [0.5, 0.6) is 5.75 Å². The highest BCUT2D eigenvalue weighted by Gasteiger charge is 2.27. The molecule has 3 aromatic rings. The molecule has 124 valence electrons. The number of oxazole rings is 1. The molecule has 3 heterocycles. The molecule has 1 aromatic carbocycles. The van der Waals surface area contributed by atoms with Gasteiger partial charge in [0.05, 0.1) is 12.2 Å². The van der Waals surface area contributed by atoms with Gasteiger partial charge in [-0.3, -0.25) is 4.98 Å². The quantitative estimate of drug-likeness (QED) is 0.795. The number of nitrogens with zero attached hydrogens (tertiary/aromatic N) is 3. The minimum Gasteiger partial charge on any atom is -0.490 e. The third-order valence-electron chi connectivity index (χ3n) is 4.20. The highest BCUT2D eigenvalue weighted by molar-refractivity contribution is 5.75. The van der Waals surface area contributed by atoms with Crippen LogP contribution in [0, 0.1) is 6.92 Å². The fraction of sp³-hybridized carbons (Fsp3) is 0.333. The summed E-state index contributed by atoms with van der Waals surface area (Å²) >= 11 is 0. The molecular formula is C18H20N4O2. The first-order valence-electron chi connectivity index (χ1n) is 8.17. The number of pyridine rings is 1. The molecule has 6 heteroatoms. The highest BCUT2D eigenvalue weighted by Crippen LogP contribution is 2.25. The lowest BCUT2D eigenvalue weighted by molar-refractivity contribution is 0.261. The molecule has 24 heavy (non-hydrogen) atoms. The van der Waals surface area contributed by atoms with Gasteiger partial charge in [-0.25, -0.2) is 0 Å². The first-order valence-corrected chi connectivity index (χ1v) is 8.17. The molecular weight excluding hydrogens is 304 g/mol. The summed E-state index contributed by atoms with van der Waals surface area (Å²) in [5, 5.41) is 3.41. The second kappa shape index (κ2) is 6.49. The van der Waals surface area contributed by atoms with Crippen LogP contribution in [0.15, 0.2) is 47.1 Å². The number of nitrogens with one attached hydrogen (secondary N) is 1. The number of anilines is 1. The number of benzene rings is 1. The van der Waals surface area contributed by atoms with E-state index in [1.165, 1.54) is 5.56 Å². The molecule has 1 atom stereocenters. The third-order valence-corrected chi connectivity index (χ3v) is 4.20. The summed E-state index contributed by atoms with van der Waals surface area (Å²) in [5.41, 5.74) is 2.90. The second-order valence-corrected chi connectivity index (χ2v) is 6.02. The minimum atomic E-state index is 0.160. The average Bonchev–Trinajstić information content (AvgIpc) is 3.04. The lowest BCUT2D eigenvalue weighted by Crippen LogP contribution is -2.54. The van der Waals surface area contributed by atoms with Crippen LogP contribution in [-0.2, 0) is 0 Å². The van der Waals surface area contributed by atoms with Gasteiger partial charge >= 0.3 is 0 Å². The zero-order valence-electron chi connectivity index (χ0n) is 13.6. The molecule has 0 spiro atoms. The molecule has 2 aromatic heterocycles. The molecule has 0 radical (unpaired) electrons. The molecule has 1 N–H and O–H groups in total. The van der Waals surface area contributed by atoms with Gasteiger partial charge in [0.2, 0.25) is 0 Å². The maximum atomic E-state index is 5.96. The van der Waals surface area contributed by atoms with Crippen molar-refractivity contribution in [3.05, 3.63) is 48.3 Å². The number of fused-ring (bicyclic) bond motifs is 1. The Hall–Kier alpha value is -2.60. The monoisotopic (exact) mass is 324 g/mol. The summed E-state index contributed by atoms with van der Waals surface area (Å²) in [4.78, 5) is 10.9. The Morgan fingerprint density at radius 3 is 3.21 bits per heavy atom. The Bertz CT molecular complexity index is 818. The van der Waals surface area contributed by atoms with E-state index in [-0.39, 0.29) is 6.04 Å². The van der Waals surface area contributed by atoms with Gasteiger partial charge in [0.1, 0.15) is 17.9 Å². The largest absolute Gasteiger partial charge is 0.490 e. The fourth-order valence-corrected chi connectivity index (χ4v) is 2.93. The standard InChI is InChI=1S/C18H20N4O2/c1-13-4-5-17-16(9-13)21-18(24-17)22-8-7-20-10-14(22)12-23-15-3-2-6-19-11-15/h2-6,9,11,14,20H,7-8,10,12H2,1H3. The summed E-state index contributed by atoms with van der Waals surface area (Å²) in [5.74, 6) is 0.774. The summed E-state index contributed by atoms with van der Waals surface area (Å²) in [6.45, 7) is 5.19. The van der Waals surface area contributed by atoms with Gasteiger partial charge in [-0.1, -0.05) is 6.07 Å². The number of hydrogen-bond donors (Lipinski definition) is 1. The third kappa shape index (κ3) is 3.05. The highest BCUT2D eigenvalue weighted by atomic mass is 16.5. The number of ether oxygens (including phenoxy) is 1. The van der Waals surface area contributed by atoms with Crippen molar-refractivity contribution in [3.8, 4) is 5.75 Å². The maximum absolute atomic E-state index is 5.96. The van der Waals surface area contributed by atoms with Gasteiger partial charge in [-0.2, -0.15) is 4.98 Å². The molecule has 0 bridgehead atoms. The van der Waals surface area contributed by atoms with Crippen molar-refractivity contribution in [2.24, 2.45) is 0 Å². The predicted octanol–water partition coefficient (Wildman–Crippen LogP) is 2.39. The van der Waals surface area contributed by atoms with Crippen LogP contribution in [0.25, 0.3) is 11.1 Å². The molecule has 1 aliphatic heterocycles. The van der Waals surface area contributed by atoms with E-state index in [4.69, 9.17) is 9.15 Å². The van der Waals surface area contributed by atoms with Crippen LogP contribution in [0.3, 0.4) is 0 Å². The van der Waals surface area contributed by atoms with Crippen molar-refractivity contribution in [1.82, 2.24) is 15.3 Å². The molecule has 0 saturated carbocycles. The van der Waals surface area contributed by atoms with Crippen LogP contribution in [0.4, 0.5) is 6.01 Å². The van der Waals surface area contributed by atoms with Crippen molar-refractivity contribution in [1.29, 1.82) is 0 Å². The zero-order valence-corrected chi connectivity index (χ0v) is 13.6. The minimum absolute atomic E-state index is 0.160. The topological polar surface area (TPSA) is 63.4 Å². The summed E-state index contributed by atoms with van der Waals surface area (Å²) in [6.07, 6.45) is 3.46. The lowest BCUT2D eigenvalue weighted by atomic mass is 10.2. The van der Waals surface area contributed by atoms with Gasteiger partial charge in [0, 0.05) is 25.8 Å². The molecule has 1 fully saturated rings. The van der Waals surface area contributed by atoms with Gasteiger partial charge in [0.15, 0.2) is 5.58 Å². The van der Waals surface area contributed by atoms with Crippen LogP contribution >= 0.6 is 0 Å². The molecule has 6 nitrogen and oxygen atoms in total. The van der Waals surface area contributed by atoms with Crippen LogP contribution < -0.4 is 15.0 Å². The Morgan fingerprint density at radius 1 is 1.38 bits per heavy atom. The Morgan fingerprint density at radius 2 is 2.33 bits per heavy atom. The van der Waals surface area contributed by atoms with E-state index in [2.05, 4.69) is 27.1 Å². The molecule has 0 aliphatic carbocycles. The van der Waals surface area contributed by atoms with E-state index in [0.29, 0.717) is 12.6 Å². The van der Waals surface area contributed by atoms with Gasteiger partial charge in [-0.05, 0) is 36.8 Å². The van der Waals surface area contributed by atoms with Crippen LogP contribution in [-0.4, -0.2) is 42.3 Å². The first kappa shape index (κ1) is 15.0. The van der Waals surface area contributed by atoms with Crippen LogP contribution in [0.2, 0.25) is 0 Å². The molecule has 0 amide bonds. The summed E-state index contributed by atoms with van der Waals surface area (Å²) < 4.78 is 11.8. The Balaban J connectivity index is 1.54. The Labute approximate surface area is 140 Å². The lowest BCUT2D eigenvalue weighted by Gasteiger charge is -2.34. The smallest absolute Gasteiger partial charge is 0.298 e. The predicted molar refractivity (Wildman–Crippen MR) is 92.5 cm³/mol. The van der Waals surface area contributed by atoms with E-state index < -0.39 is 0 Å². The number of aromatic nitrogens is 2. The van der Waals surface area contributed by atoms with E-state index >= 15 is 0 Å². The van der Waals surface area contributed by atoms with Gasteiger partial charge in [0.25, 0.3) is 6.01 Å². The molecule has 1 aliphatic rings. The van der Waals surface area contributed by atoms with Crippen molar-refractivity contribution in [3.63, 3.8) is 0 Å². The Kier molecular flexibility index (Phi) is 4.04. The molecule has 1 unspecified atom stereocenters. The van der Waals surface area contributed by atoms with Crippen molar-refractivity contribution < 1.29 is 9.15 Å². The number of rotatable bonds is 4. The van der Waals surface area contributed by atoms with E-state index in [0.717, 1.165) is 36.5 Å². The maximum Gasteiger partial charge on any atom is 0.298 e.